The normalized spacial score (nSPS) is 15.1. The summed E-state index contributed by atoms with van der Waals surface area (Å²) in [5.41, 5.74) is 2.32. The lowest BCUT2D eigenvalue weighted by atomic mass is 9.97. The third kappa shape index (κ3) is 6.40. The maximum Gasteiger partial charge on any atom is 0.226 e. The number of hydrogen-bond acceptors (Lipinski definition) is 3. The molecule has 1 fully saturated rings. The van der Waals surface area contributed by atoms with Gasteiger partial charge < -0.3 is 9.64 Å². The second-order valence-electron chi connectivity index (χ2n) is 7.08. The van der Waals surface area contributed by atoms with Crippen molar-refractivity contribution in [1.82, 2.24) is 4.90 Å². The monoisotopic (exact) mass is 383 g/mol. The number of thioether (sulfide) groups is 1. The van der Waals surface area contributed by atoms with Crippen molar-refractivity contribution in [2.75, 3.05) is 25.4 Å². The van der Waals surface area contributed by atoms with E-state index in [1.165, 1.54) is 10.5 Å². The van der Waals surface area contributed by atoms with Gasteiger partial charge in [-0.15, -0.1) is 11.8 Å². The van der Waals surface area contributed by atoms with Crippen LogP contribution in [0.2, 0.25) is 0 Å². The van der Waals surface area contributed by atoms with Crippen molar-refractivity contribution in [3.05, 3.63) is 65.7 Å². The van der Waals surface area contributed by atoms with Crippen LogP contribution in [0.4, 0.5) is 0 Å². The molecule has 2 aromatic carbocycles. The second-order valence-corrected chi connectivity index (χ2v) is 8.42. The van der Waals surface area contributed by atoms with Gasteiger partial charge in [0.15, 0.2) is 0 Å². The predicted octanol–water partition coefficient (Wildman–Crippen LogP) is 4.80. The number of nitrogens with zero attached hydrogens (tertiary/aromatic N) is 1. The summed E-state index contributed by atoms with van der Waals surface area (Å²) in [5, 5.41) is 0. The van der Waals surface area contributed by atoms with Gasteiger partial charge >= 0.3 is 0 Å². The van der Waals surface area contributed by atoms with Gasteiger partial charge in [0.2, 0.25) is 5.91 Å². The van der Waals surface area contributed by atoms with Crippen molar-refractivity contribution in [3.8, 4) is 0 Å². The van der Waals surface area contributed by atoms with Gasteiger partial charge in [-0.3, -0.25) is 4.79 Å². The van der Waals surface area contributed by atoms with E-state index in [0.29, 0.717) is 18.9 Å². The van der Waals surface area contributed by atoms with E-state index < -0.39 is 0 Å². The number of carbonyl (C=O) groups is 1. The quantitative estimate of drug-likeness (QED) is 0.614. The fraction of sp³-hybridized carbons (Fsp3) is 0.435. The molecular formula is C23H29NO2S. The predicted molar refractivity (Wildman–Crippen MR) is 112 cm³/mol. The molecule has 4 heteroatoms. The van der Waals surface area contributed by atoms with Crippen LogP contribution < -0.4 is 0 Å². The fourth-order valence-corrected chi connectivity index (χ4v) is 4.09. The van der Waals surface area contributed by atoms with Crippen LogP contribution in [-0.2, 0) is 22.6 Å². The largest absolute Gasteiger partial charge is 0.376 e. The minimum absolute atomic E-state index is 0.245. The van der Waals surface area contributed by atoms with E-state index in [1.807, 2.05) is 34.9 Å². The lowest BCUT2D eigenvalue weighted by molar-refractivity contribution is -0.132. The highest BCUT2D eigenvalue weighted by atomic mass is 32.2. The Labute approximate surface area is 167 Å². The summed E-state index contributed by atoms with van der Waals surface area (Å²) in [4.78, 5) is 15.9. The minimum Gasteiger partial charge on any atom is -0.376 e. The molecule has 1 saturated heterocycles. The lowest BCUT2D eigenvalue weighted by Gasteiger charge is -2.32. The van der Waals surface area contributed by atoms with E-state index in [0.717, 1.165) is 43.9 Å². The zero-order valence-electron chi connectivity index (χ0n) is 16.1. The second kappa shape index (κ2) is 10.5. The maximum atomic E-state index is 12.6. The summed E-state index contributed by atoms with van der Waals surface area (Å²) in [7, 11) is 0. The number of benzene rings is 2. The number of hydrogen-bond donors (Lipinski definition) is 0. The topological polar surface area (TPSA) is 29.5 Å². The van der Waals surface area contributed by atoms with E-state index in [4.69, 9.17) is 4.74 Å². The molecule has 144 valence electrons. The molecule has 0 aromatic heterocycles. The third-order valence-electron chi connectivity index (χ3n) is 5.02. The Kier molecular flexibility index (Phi) is 7.79. The lowest BCUT2D eigenvalue weighted by Crippen LogP contribution is -2.40. The smallest absolute Gasteiger partial charge is 0.226 e. The summed E-state index contributed by atoms with van der Waals surface area (Å²) in [6.07, 6.45) is 2.57. The molecule has 27 heavy (non-hydrogen) atoms. The van der Waals surface area contributed by atoms with E-state index in [2.05, 4.69) is 43.3 Å². The first kappa shape index (κ1) is 20.0. The molecule has 3 rings (SSSR count). The molecule has 1 heterocycles. The zero-order valence-corrected chi connectivity index (χ0v) is 16.9. The van der Waals surface area contributed by atoms with Gasteiger partial charge in [0.05, 0.1) is 13.0 Å². The molecule has 2 aromatic rings. The van der Waals surface area contributed by atoms with E-state index >= 15 is 0 Å². The van der Waals surface area contributed by atoms with Crippen LogP contribution in [0.15, 0.2) is 59.5 Å². The Morgan fingerprint density at radius 3 is 2.41 bits per heavy atom. The van der Waals surface area contributed by atoms with Crippen molar-refractivity contribution >= 4 is 17.7 Å². The summed E-state index contributed by atoms with van der Waals surface area (Å²) in [6, 6.07) is 18.7. The number of likely N-dealkylation sites (tertiary alicyclic amines) is 1. The van der Waals surface area contributed by atoms with E-state index in [1.54, 1.807) is 0 Å². The summed E-state index contributed by atoms with van der Waals surface area (Å²) in [5.74, 6) is 1.88. The molecule has 0 unspecified atom stereocenters. The van der Waals surface area contributed by atoms with Crippen LogP contribution in [0.5, 0.6) is 0 Å². The summed E-state index contributed by atoms with van der Waals surface area (Å²) >= 11 is 1.83. The van der Waals surface area contributed by atoms with E-state index in [-0.39, 0.29) is 5.91 Å². The van der Waals surface area contributed by atoms with Crippen molar-refractivity contribution in [1.29, 1.82) is 0 Å². The van der Waals surface area contributed by atoms with Crippen LogP contribution in [0.25, 0.3) is 0 Å². The van der Waals surface area contributed by atoms with E-state index in [9.17, 15) is 4.79 Å². The molecule has 0 spiro atoms. The molecule has 0 bridgehead atoms. The van der Waals surface area contributed by atoms with Crippen LogP contribution in [-0.4, -0.2) is 36.3 Å². The molecular weight excluding hydrogens is 354 g/mol. The Morgan fingerprint density at radius 1 is 1.04 bits per heavy atom. The van der Waals surface area contributed by atoms with Crippen molar-refractivity contribution < 1.29 is 9.53 Å². The third-order valence-corrected chi connectivity index (χ3v) is 5.92. The molecule has 0 saturated carbocycles. The van der Waals surface area contributed by atoms with Crippen molar-refractivity contribution in [2.24, 2.45) is 5.92 Å². The number of amides is 1. The van der Waals surface area contributed by atoms with Crippen LogP contribution in [0, 0.1) is 5.92 Å². The minimum atomic E-state index is 0.245. The molecule has 0 radical (unpaired) electrons. The highest BCUT2D eigenvalue weighted by molar-refractivity contribution is 7.99. The van der Waals surface area contributed by atoms with Crippen LogP contribution >= 0.6 is 11.8 Å². The zero-order chi connectivity index (χ0) is 18.9. The van der Waals surface area contributed by atoms with Gasteiger partial charge in [0.1, 0.15) is 0 Å². The average Bonchev–Trinajstić information content (AvgIpc) is 2.71. The molecule has 1 aliphatic heterocycles. The Bertz CT molecular complexity index is 694. The number of rotatable bonds is 8. The molecule has 3 nitrogen and oxygen atoms in total. The maximum absolute atomic E-state index is 12.6. The van der Waals surface area contributed by atoms with Gasteiger partial charge in [-0.1, -0.05) is 49.4 Å². The molecule has 1 aliphatic rings. The van der Waals surface area contributed by atoms with Crippen molar-refractivity contribution in [3.63, 3.8) is 0 Å². The summed E-state index contributed by atoms with van der Waals surface area (Å²) < 4.78 is 5.88. The molecule has 1 amide bonds. The van der Waals surface area contributed by atoms with Gasteiger partial charge in [0, 0.05) is 24.6 Å². The molecule has 0 atom stereocenters. The van der Waals surface area contributed by atoms with Gasteiger partial charge in [-0.25, -0.2) is 0 Å². The van der Waals surface area contributed by atoms with Crippen LogP contribution in [0.3, 0.4) is 0 Å². The first-order chi connectivity index (χ1) is 13.2. The standard InChI is InChI=1S/C23H29NO2S/c1-2-27-22-10-8-19(9-11-22)16-23(25)24-14-12-21(13-15-24)18-26-17-20-6-4-3-5-7-20/h3-11,21H,2,12-18H2,1H3. The first-order valence-electron chi connectivity index (χ1n) is 9.85. The van der Waals surface area contributed by atoms with Crippen LogP contribution in [0.1, 0.15) is 30.9 Å². The first-order valence-corrected chi connectivity index (χ1v) is 10.8. The average molecular weight is 384 g/mol. The Balaban J connectivity index is 1.37. The highest BCUT2D eigenvalue weighted by Crippen LogP contribution is 2.21. The summed E-state index contributed by atoms with van der Waals surface area (Å²) in [6.45, 7) is 5.31. The number of ether oxygens (including phenoxy) is 1. The fourth-order valence-electron chi connectivity index (χ4n) is 3.42. The Hall–Kier alpha value is -1.78. The SMILES string of the molecule is CCSc1ccc(CC(=O)N2CCC(COCc3ccccc3)CC2)cc1. The molecule has 0 aliphatic carbocycles. The van der Waals surface area contributed by atoms with Gasteiger partial charge in [0.25, 0.3) is 0 Å². The van der Waals surface area contributed by atoms with Gasteiger partial charge in [-0.05, 0) is 47.8 Å². The van der Waals surface area contributed by atoms with Crippen molar-refractivity contribution in [2.45, 2.75) is 37.7 Å². The van der Waals surface area contributed by atoms with Gasteiger partial charge in [-0.2, -0.15) is 0 Å². The number of carbonyl (C=O) groups excluding carboxylic acids is 1. The molecule has 0 N–H and O–H groups in total. The highest BCUT2D eigenvalue weighted by Gasteiger charge is 2.22. The number of piperidine rings is 1. The Morgan fingerprint density at radius 2 is 1.74 bits per heavy atom.